The van der Waals surface area contributed by atoms with E-state index in [0.29, 0.717) is 0 Å². The van der Waals surface area contributed by atoms with Gasteiger partial charge in [0, 0.05) is 0 Å². The largest absolute Gasteiger partial charge is 0.432 e. The average molecular weight is 269 g/mol. The van der Waals surface area contributed by atoms with Gasteiger partial charge in [0.1, 0.15) is 0 Å². The molecule has 0 fully saturated rings. The maximum atomic E-state index is 10.6. The van der Waals surface area contributed by atoms with E-state index in [1.165, 1.54) is 0 Å². The van der Waals surface area contributed by atoms with Crippen molar-refractivity contribution in [2.45, 2.75) is 45.5 Å². The van der Waals surface area contributed by atoms with Gasteiger partial charge in [-0.05, 0) is 29.9 Å². The molecule has 0 amide bonds. The Morgan fingerprint density at radius 1 is 1.00 bits per heavy atom. The molecule has 1 aromatic carbocycles. The number of rotatable bonds is 3. The van der Waals surface area contributed by atoms with Gasteiger partial charge in [-0.2, -0.15) is 0 Å². The molecular weight excluding hydrogens is 244 g/mol. The van der Waals surface area contributed by atoms with E-state index in [9.17, 15) is 4.80 Å². The summed E-state index contributed by atoms with van der Waals surface area (Å²) >= 11 is 0. The first-order chi connectivity index (χ1) is 7.56. The molecule has 1 unspecified atom stereocenters. The van der Waals surface area contributed by atoms with E-state index in [1.54, 1.807) is 0 Å². The predicted octanol–water partition coefficient (Wildman–Crippen LogP) is 2.98. The zero-order chi connectivity index (χ0) is 13.3. The highest BCUT2D eigenvalue weighted by atomic mass is 28.4. The summed E-state index contributed by atoms with van der Waals surface area (Å²) in [4.78, 5) is 10.6. The lowest BCUT2D eigenvalue weighted by Gasteiger charge is -2.41. The van der Waals surface area contributed by atoms with Gasteiger partial charge in [0.05, 0.1) is 0 Å². The molecule has 0 radical (unpaired) electrons. The Hall–Kier alpha value is -0.426. The minimum atomic E-state index is -2.76. The van der Waals surface area contributed by atoms with Crippen molar-refractivity contribution in [1.82, 2.24) is 0 Å². The number of hydrogen-bond acceptors (Lipinski definition) is 2. The standard InChI is InChI=1S/C13H24O2Si2/c1-13(2,3)16(4,5)15-17(6,14)12-10-8-7-9-11-12/h7-11,14H,1-6H3. The minimum Gasteiger partial charge on any atom is -0.432 e. The predicted molar refractivity (Wildman–Crippen MR) is 78.2 cm³/mol. The van der Waals surface area contributed by atoms with Gasteiger partial charge in [-0.1, -0.05) is 51.1 Å². The quantitative estimate of drug-likeness (QED) is 0.854. The summed E-state index contributed by atoms with van der Waals surface area (Å²) in [5.41, 5.74) is 0. The van der Waals surface area contributed by atoms with Crippen molar-refractivity contribution in [1.29, 1.82) is 0 Å². The van der Waals surface area contributed by atoms with Gasteiger partial charge in [-0.3, -0.25) is 0 Å². The highest BCUT2D eigenvalue weighted by Gasteiger charge is 2.44. The van der Waals surface area contributed by atoms with Crippen LogP contribution in [0.2, 0.25) is 24.7 Å². The summed E-state index contributed by atoms with van der Waals surface area (Å²) in [5.74, 6) is 0. The fraction of sp³-hybridized carbons (Fsp3) is 0.538. The Labute approximate surface area is 107 Å². The maximum Gasteiger partial charge on any atom is 0.356 e. The van der Waals surface area contributed by atoms with E-state index >= 15 is 0 Å². The van der Waals surface area contributed by atoms with Crippen LogP contribution in [0.4, 0.5) is 0 Å². The molecule has 0 aromatic heterocycles. The summed E-state index contributed by atoms with van der Waals surface area (Å²) in [5, 5.41) is 1.07. The molecule has 17 heavy (non-hydrogen) atoms. The molecule has 0 aliphatic heterocycles. The summed E-state index contributed by atoms with van der Waals surface area (Å²) in [6.07, 6.45) is 0. The maximum absolute atomic E-state index is 10.6. The molecule has 0 spiro atoms. The molecule has 0 saturated carbocycles. The molecule has 0 aliphatic rings. The smallest absolute Gasteiger partial charge is 0.356 e. The summed E-state index contributed by atoms with van der Waals surface area (Å²) in [6, 6.07) is 9.77. The third kappa shape index (κ3) is 3.51. The third-order valence-corrected chi connectivity index (χ3v) is 12.2. The fourth-order valence-electron chi connectivity index (χ4n) is 1.46. The second kappa shape index (κ2) is 4.68. The van der Waals surface area contributed by atoms with Crippen LogP contribution >= 0.6 is 0 Å². The van der Waals surface area contributed by atoms with Crippen molar-refractivity contribution in [2.75, 3.05) is 0 Å². The molecule has 4 heteroatoms. The summed E-state index contributed by atoms with van der Waals surface area (Å²) in [6.45, 7) is 12.8. The van der Waals surface area contributed by atoms with E-state index in [0.717, 1.165) is 5.19 Å². The van der Waals surface area contributed by atoms with Gasteiger partial charge in [-0.25, -0.2) is 0 Å². The van der Waals surface area contributed by atoms with Crippen molar-refractivity contribution >= 4 is 22.1 Å². The average Bonchev–Trinajstić information content (AvgIpc) is 2.15. The van der Waals surface area contributed by atoms with Crippen molar-refractivity contribution in [3.8, 4) is 0 Å². The molecule has 0 heterocycles. The van der Waals surface area contributed by atoms with Crippen molar-refractivity contribution in [3.05, 3.63) is 30.3 Å². The molecule has 1 aromatic rings. The van der Waals surface area contributed by atoms with Crippen LogP contribution in [0.5, 0.6) is 0 Å². The number of benzene rings is 1. The Morgan fingerprint density at radius 2 is 1.47 bits per heavy atom. The SMILES string of the molecule is CC(C)(C)[Si](C)(C)O[Si](C)(O)c1ccccc1. The highest BCUT2D eigenvalue weighted by Crippen LogP contribution is 2.37. The first-order valence-corrected chi connectivity index (χ1v) is 11.3. The van der Waals surface area contributed by atoms with E-state index in [-0.39, 0.29) is 5.04 Å². The molecule has 1 atom stereocenters. The van der Waals surface area contributed by atoms with Crippen LogP contribution in [-0.4, -0.2) is 21.7 Å². The van der Waals surface area contributed by atoms with Gasteiger partial charge < -0.3 is 8.91 Å². The number of hydrogen-bond donors (Lipinski definition) is 1. The Bertz CT molecular complexity index is 367. The second-order valence-corrected chi connectivity index (χ2v) is 14.1. The molecule has 2 nitrogen and oxygen atoms in total. The van der Waals surface area contributed by atoms with Crippen molar-refractivity contribution < 1.29 is 8.91 Å². The normalized spacial score (nSPS) is 16.6. The van der Waals surface area contributed by atoms with E-state index in [4.69, 9.17) is 4.12 Å². The van der Waals surface area contributed by atoms with E-state index in [1.807, 2.05) is 36.9 Å². The lowest BCUT2D eigenvalue weighted by Crippen LogP contribution is -2.57. The molecule has 0 bridgehead atoms. The van der Waals surface area contributed by atoms with Gasteiger partial charge in [0.15, 0.2) is 8.32 Å². The Balaban J connectivity index is 2.95. The third-order valence-electron chi connectivity index (χ3n) is 3.57. The Morgan fingerprint density at radius 3 is 1.88 bits per heavy atom. The topological polar surface area (TPSA) is 29.5 Å². The van der Waals surface area contributed by atoms with Crippen LogP contribution in [0.15, 0.2) is 30.3 Å². The van der Waals surface area contributed by atoms with Crippen LogP contribution in [0.3, 0.4) is 0 Å². The van der Waals surface area contributed by atoms with Crippen molar-refractivity contribution in [3.63, 3.8) is 0 Å². The van der Waals surface area contributed by atoms with Crippen LogP contribution in [0.25, 0.3) is 0 Å². The van der Waals surface area contributed by atoms with E-state index in [2.05, 4.69) is 33.9 Å². The first-order valence-electron chi connectivity index (χ1n) is 6.04. The van der Waals surface area contributed by atoms with E-state index < -0.39 is 16.9 Å². The highest BCUT2D eigenvalue weighted by molar-refractivity contribution is 6.89. The monoisotopic (exact) mass is 268 g/mol. The summed E-state index contributed by atoms with van der Waals surface area (Å²) < 4.78 is 6.21. The lowest BCUT2D eigenvalue weighted by molar-refractivity contribution is 0.377. The molecule has 1 rings (SSSR count). The van der Waals surface area contributed by atoms with Gasteiger partial charge >= 0.3 is 8.56 Å². The Kier molecular flexibility index (Phi) is 4.03. The molecule has 0 saturated heterocycles. The van der Waals surface area contributed by atoms with Gasteiger partial charge in [0.2, 0.25) is 0 Å². The van der Waals surface area contributed by atoms with Crippen LogP contribution in [-0.2, 0) is 4.12 Å². The van der Waals surface area contributed by atoms with Gasteiger partial charge in [0.25, 0.3) is 0 Å². The van der Waals surface area contributed by atoms with Crippen LogP contribution in [0, 0.1) is 0 Å². The second-order valence-electron chi connectivity index (χ2n) is 6.21. The first kappa shape index (κ1) is 14.6. The zero-order valence-corrected chi connectivity index (χ0v) is 13.7. The lowest BCUT2D eigenvalue weighted by atomic mass is 10.2. The molecule has 0 aliphatic carbocycles. The van der Waals surface area contributed by atoms with Gasteiger partial charge in [-0.15, -0.1) is 0 Å². The van der Waals surface area contributed by atoms with Crippen LogP contribution in [0.1, 0.15) is 20.8 Å². The fourth-order valence-corrected chi connectivity index (χ4v) is 7.94. The molecular formula is C13H24O2Si2. The molecule has 1 N–H and O–H groups in total. The summed E-state index contributed by atoms with van der Waals surface area (Å²) in [7, 11) is -4.67. The zero-order valence-electron chi connectivity index (χ0n) is 11.7. The molecule has 96 valence electrons. The van der Waals surface area contributed by atoms with Crippen molar-refractivity contribution in [2.24, 2.45) is 0 Å². The minimum absolute atomic E-state index is 0.124. The van der Waals surface area contributed by atoms with Crippen LogP contribution < -0.4 is 5.19 Å².